The largest absolute Gasteiger partial charge is 0.507 e. The molecule has 2 aromatic heterocycles. The molecule has 0 aliphatic carbocycles. The van der Waals surface area contributed by atoms with Crippen LogP contribution in [0.2, 0.25) is 0 Å². The quantitative estimate of drug-likeness (QED) is 0.251. The fraction of sp³-hybridized carbons (Fsp3) is 0.167. The minimum absolute atomic E-state index is 0.216. The number of aryl methyl sites for hydroxylation is 2. The van der Waals surface area contributed by atoms with E-state index in [2.05, 4.69) is 105 Å². The maximum atomic E-state index is 11.6. The summed E-state index contributed by atoms with van der Waals surface area (Å²) in [5.41, 5.74) is 10.8. The van der Waals surface area contributed by atoms with Crippen LogP contribution in [0.1, 0.15) is 37.5 Å². The highest BCUT2D eigenvalue weighted by atomic mass is 16.3. The number of hydrogen-bond donors (Lipinski definition) is 1. The van der Waals surface area contributed by atoms with E-state index in [1.807, 2.05) is 42.6 Å². The number of hydrogen-bond acceptors (Lipinski definition) is 3. The number of pyridine rings is 1. The molecule has 198 valence electrons. The lowest BCUT2D eigenvalue weighted by atomic mass is 9.85. The van der Waals surface area contributed by atoms with Crippen molar-refractivity contribution in [1.29, 1.82) is 0 Å². The van der Waals surface area contributed by atoms with Gasteiger partial charge < -0.3 is 5.11 Å². The van der Waals surface area contributed by atoms with Gasteiger partial charge in [-0.1, -0.05) is 87.5 Å². The molecular formula is C36H33N3O. The third kappa shape index (κ3) is 4.36. The number of rotatable bonds is 4. The lowest BCUT2D eigenvalue weighted by Crippen LogP contribution is -2.12. The van der Waals surface area contributed by atoms with Crippen LogP contribution in [-0.4, -0.2) is 19.6 Å². The summed E-state index contributed by atoms with van der Waals surface area (Å²) in [7, 11) is 0. The SMILES string of the molecule is Cc1cccc(C)c1-n1c(-c2cccc(C(C)(C)C)c2O)nc2c(-c3cccc(-c4ccccn4)c3)cccc21. The van der Waals surface area contributed by atoms with E-state index in [4.69, 9.17) is 4.98 Å². The molecular weight excluding hydrogens is 490 g/mol. The van der Waals surface area contributed by atoms with Gasteiger partial charge in [-0.15, -0.1) is 0 Å². The molecule has 0 spiro atoms. The summed E-state index contributed by atoms with van der Waals surface area (Å²) in [4.78, 5) is 9.84. The minimum Gasteiger partial charge on any atom is -0.507 e. The zero-order valence-corrected chi connectivity index (χ0v) is 23.6. The number of aromatic nitrogens is 3. The topological polar surface area (TPSA) is 50.9 Å². The first-order valence-corrected chi connectivity index (χ1v) is 13.7. The summed E-state index contributed by atoms with van der Waals surface area (Å²) in [6, 6.07) is 33.1. The van der Waals surface area contributed by atoms with Crippen LogP contribution >= 0.6 is 0 Å². The van der Waals surface area contributed by atoms with Gasteiger partial charge in [0, 0.05) is 17.3 Å². The van der Waals surface area contributed by atoms with E-state index in [1.54, 1.807) is 0 Å². The summed E-state index contributed by atoms with van der Waals surface area (Å²) >= 11 is 0. The van der Waals surface area contributed by atoms with Crippen molar-refractivity contribution in [2.24, 2.45) is 0 Å². The zero-order chi connectivity index (χ0) is 28.0. The van der Waals surface area contributed by atoms with Gasteiger partial charge in [0.2, 0.25) is 0 Å². The molecule has 0 radical (unpaired) electrons. The van der Waals surface area contributed by atoms with Gasteiger partial charge >= 0.3 is 0 Å². The average molecular weight is 524 g/mol. The number of imidazole rings is 1. The summed E-state index contributed by atoms with van der Waals surface area (Å²) < 4.78 is 2.22. The molecule has 0 aliphatic rings. The van der Waals surface area contributed by atoms with E-state index in [1.165, 1.54) is 0 Å². The molecule has 0 amide bonds. The Kier molecular flexibility index (Phi) is 6.26. The molecule has 6 rings (SSSR count). The first-order chi connectivity index (χ1) is 19.2. The van der Waals surface area contributed by atoms with Crippen molar-refractivity contribution >= 4 is 11.0 Å². The van der Waals surface area contributed by atoms with Gasteiger partial charge in [-0.25, -0.2) is 4.98 Å². The van der Waals surface area contributed by atoms with Crippen LogP contribution in [0.5, 0.6) is 5.75 Å². The molecule has 4 aromatic carbocycles. The molecule has 0 unspecified atom stereocenters. The third-order valence-electron chi connectivity index (χ3n) is 7.57. The van der Waals surface area contributed by atoms with Crippen LogP contribution < -0.4 is 0 Å². The number of fused-ring (bicyclic) bond motifs is 1. The fourth-order valence-electron chi connectivity index (χ4n) is 5.61. The molecule has 0 bridgehead atoms. The van der Waals surface area contributed by atoms with E-state index in [-0.39, 0.29) is 11.2 Å². The molecule has 0 saturated carbocycles. The number of phenols is 1. The van der Waals surface area contributed by atoms with Gasteiger partial charge in [-0.2, -0.15) is 0 Å². The highest BCUT2D eigenvalue weighted by Crippen LogP contribution is 2.42. The normalized spacial score (nSPS) is 11.7. The van der Waals surface area contributed by atoms with Crippen LogP contribution in [0.25, 0.3) is 50.5 Å². The average Bonchev–Trinajstić information content (AvgIpc) is 3.32. The van der Waals surface area contributed by atoms with Crippen LogP contribution in [-0.2, 0) is 5.41 Å². The Morgan fingerprint density at radius 1 is 0.700 bits per heavy atom. The molecule has 2 heterocycles. The van der Waals surface area contributed by atoms with Crippen molar-refractivity contribution in [3.8, 4) is 45.2 Å². The van der Waals surface area contributed by atoms with Crippen molar-refractivity contribution in [2.75, 3.05) is 0 Å². The smallest absolute Gasteiger partial charge is 0.149 e. The molecule has 0 fully saturated rings. The Morgan fingerprint density at radius 3 is 2.10 bits per heavy atom. The second-order valence-corrected chi connectivity index (χ2v) is 11.4. The predicted octanol–water partition coefficient (Wildman–Crippen LogP) is 9.04. The number of aromatic hydroxyl groups is 1. The number of para-hydroxylation sites is 3. The summed E-state index contributed by atoms with van der Waals surface area (Å²) in [5, 5.41) is 11.6. The van der Waals surface area contributed by atoms with E-state index in [9.17, 15) is 5.11 Å². The van der Waals surface area contributed by atoms with E-state index in [0.717, 1.165) is 67.2 Å². The second-order valence-electron chi connectivity index (χ2n) is 11.4. The highest BCUT2D eigenvalue weighted by Gasteiger charge is 2.25. The van der Waals surface area contributed by atoms with Crippen molar-refractivity contribution in [3.63, 3.8) is 0 Å². The monoisotopic (exact) mass is 523 g/mol. The molecule has 4 heteroatoms. The molecule has 40 heavy (non-hydrogen) atoms. The van der Waals surface area contributed by atoms with E-state index in [0.29, 0.717) is 0 Å². The first-order valence-electron chi connectivity index (χ1n) is 13.7. The second kappa shape index (κ2) is 9.80. The summed E-state index contributed by atoms with van der Waals surface area (Å²) in [6.45, 7) is 10.6. The van der Waals surface area contributed by atoms with E-state index < -0.39 is 0 Å². The summed E-state index contributed by atoms with van der Waals surface area (Å²) in [6.07, 6.45) is 1.82. The Labute approximate surface area is 235 Å². The number of phenolic OH excluding ortho intramolecular Hbond substituents is 1. The van der Waals surface area contributed by atoms with Crippen molar-refractivity contribution in [1.82, 2.24) is 14.5 Å². The third-order valence-corrected chi connectivity index (χ3v) is 7.57. The number of benzene rings is 4. The van der Waals surface area contributed by atoms with Crippen LogP contribution in [0.4, 0.5) is 0 Å². The Morgan fingerprint density at radius 2 is 1.38 bits per heavy atom. The maximum Gasteiger partial charge on any atom is 0.149 e. The van der Waals surface area contributed by atoms with Crippen molar-refractivity contribution in [3.05, 3.63) is 120 Å². The predicted molar refractivity (Wildman–Crippen MR) is 165 cm³/mol. The molecule has 0 atom stereocenters. The summed E-state index contributed by atoms with van der Waals surface area (Å²) in [5.74, 6) is 1.00. The fourth-order valence-corrected chi connectivity index (χ4v) is 5.61. The lowest BCUT2D eigenvalue weighted by molar-refractivity contribution is 0.448. The van der Waals surface area contributed by atoms with Gasteiger partial charge in [0.15, 0.2) is 0 Å². The molecule has 0 saturated heterocycles. The van der Waals surface area contributed by atoms with Crippen molar-refractivity contribution in [2.45, 2.75) is 40.0 Å². The van der Waals surface area contributed by atoms with E-state index >= 15 is 0 Å². The minimum atomic E-state index is -0.216. The standard InChI is InChI=1S/C36H33N3O/c1-23-12-8-13-24(2)33(23)39-31-20-11-16-27(25-14-9-15-26(22-25)30-19-6-7-21-37-30)32(31)38-35(39)28-17-10-18-29(34(28)40)36(3,4)5/h6-22,40H,1-5H3. The van der Waals surface area contributed by atoms with Gasteiger partial charge in [-0.05, 0) is 71.8 Å². The zero-order valence-electron chi connectivity index (χ0n) is 23.6. The Bertz CT molecular complexity index is 1840. The van der Waals surface area contributed by atoms with Gasteiger partial charge in [-0.3, -0.25) is 9.55 Å². The lowest BCUT2D eigenvalue weighted by Gasteiger charge is -2.22. The number of nitrogens with zero attached hydrogens (tertiary/aromatic N) is 3. The Hall–Kier alpha value is -4.70. The van der Waals surface area contributed by atoms with Gasteiger partial charge in [0.25, 0.3) is 0 Å². The molecule has 6 aromatic rings. The Balaban J connectivity index is 1.66. The molecule has 1 N–H and O–H groups in total. The highest BCUT2D eigenvalue weighted by molar-refractivity contribution is 5.96. The van der Waals surface area contributed by atoms with Crippen molar-refractivity contribution < 1.29 is 5.11 Å². The molecule has 4 nitrogen and oxygen atoms in total. The molecule has 0 aliphatic heterocycles. The first kappa shape index (κ1) is 25.6. The van der Waals surface area contributed by atoms with Crippen LogP contribution in [0, 0.1) is 13.8 Å². The van der Waals surface area contributed by atoms with Crippen LogP contribution in [0.15, 0.2) is 103 Å². The van der Waals surface area contributed by atoms with Gasteiger partial charge in [0.05, 0.1) is 28.0 Å². The maximum absolute atomic E-state index is 11.6. The van der Waals surface area contributed by atoms with Gasteiger partial charge in [0.1, 0.15) is 11.6 Å². The van der Waals surface area contributed by atoms with Crippen LogP contribution in [0.3, 0.4) is 0 Å².